The maximum atomic E-state index is 12.6. The average molecular weight is 515 g/mol. The van der Waals surface area contributed by atoms with E-state index in [0.29, 0.717) is 17.3 Å². The number of thioether (sulfide) groups is 1. The number of nitro groups is 1. The number of nitro benzene ring substituents is 1. The van der Waals surface area contributed by atoms with Gasteiger partial charge in [-0.3, -0.25) is 14.9 Å². The second-order valence-corrected chi connectivity index (χ2v) is 9.86. The van der Waals surface area contributed by atoms with Gasteiger partial charge in [0.1, 0.15) is 12.4 Å². The third-order valence-corrected chi connectivity index (χ3v) is 7.39. The van der Waals surface area contributed by atoms with E-state index in [4.69, 9.17) is 4.74 Å². The van der Waals surface area contributed by atoms with Crippen LogP contribution in [0.5, 0.6) is 5.75 Å². The van der Waals surface area contributed by atoms with Crippen LogP contribution >= 0.6 is 11.8 Å². The van der Waals surface area contributed by atoms with Crippen molar-refractivity contribution in [2.24, 2.45) is 4.99 Å². The van der Waals surface area contributed by atoms with Gasteiger partial charge in [-0.25, -0.2) is 0 Å². The molecule has 1 fully saturated rings. The Kier molecular flexibility index (Phi) is 7.23. The van der Waals surface area contributed by atoms with Crippen LogP contribution in [-0.2, 0) is 11.4 Å². The molecular weight excluding hydrogens is 488 g/mol. The number of non-ortho nitro benzene ring substituents is 1. The SMILES string of the molecule is Cc1ccccc1N1CCN(C2=NC(=O)C(=Cc3ccc(OCc4ccc([N+](=O)[O-])cc4)cc3)S2)CC1. The van der Waals surface area contributed by atoms with Crippen molar-refractivity contribution >= 4 is 40.3 Å². The fourth-order valence-electron chi connectivity index (χ4n) is 4.28. The zero-order valence-electron chi connectivity index (χ0n) is 20.4. The minimum Gasteiger partial charge on any atom is -0.489 e. The molecule has 3 aromatic rings. The van der Waals surface area contributed by atoms with Crippen LogP contribution < -0.4 is 9.64 Å². The molecule has 0 N–H and O–H groups in total. The monoisotopic (exact) mass is 514 g/mol. The van der Waals surface area contributed by atoms with Crippen molar-refractivity contribution in [2.75, 3.05) is 31.1 Å². The lowest BCUT2D eigenvalue weighted by Crippen LogP contribution is -2.48. The first-order valence-electron chi connectivity index (χ1n) is 12.0. The molecule has 37 heavy (non-hydrogen) atoms. The molecule has 1 saturated heterocycles. The average Bonchev–Trinajstić information content (AvgIpc) is 3.28. The number of hydrogen-bond acceptors (Lipinski definition) is 7. The lowest BCUT2D eigenvalue weighted by atomic mass is 10.1. The van der Waals surface area contributed by atoms with Gasteiger partial charge in [0.15, 0.2) is 5.17 Å². The van der Waals surface area contributed by atoms with E-state index in [1.165, 1.54) is 35.1 Å². The van der Waals surface area contributed by atoms with Gasteiger partial charge in [-0.2, -0.15) is 4.99 Å². The standard InChI is InChI=1S/C28H26N4O4S/c1-20-4-2-3-5-25(20)30-14-16-31(17-15-30)28-29-27(33)26(37-28)18-21-8-12-24(13-9-21)36-19-22-6-10-23(11-7-22)32(34)35/h2-13,18H,14-17,19H2,1H3. The van der Waals surface area contributed by atoms with E-state index in [-0.39, 0.29) is 11.6 Å². The fraction of sp³-hybridized carbons (Fsp3) is 0.214. The Hall–Kier alpha value is -4.11. The fourth-order valence-corrected chi connectivity index (χ4v) is 5.25. The van der Waals surface area contributed by atoms with Gasteiger partial charge in [-0.05, 0) is 71.8 Å². The Labute approximate surface area is 219 Å². The first-order chi connectivity index (χ1) is 18.0. The number of ether oxygens (including phenoxy) is 1. The van der Waals surface area contributed by atoms with Gasteiger partial charge in [-0.15, -0.1) is 0 Å². The van der Waals surface area contributed by atoms with E-state index in [1.54, 1.807) is 12.1 Å². The lowest BCUT2D eigenvalue weighted by molar-refractivity contribution is -0.384. The van der Waals surface area contributed by atoms with Gasteiger partial charge in [0, 0.05) is 44.0 Å². The molecule has 0 aromatic heterocycles. The third-order valence-electron chi connectivity index (χ3n) is 6.35. The molecule has 2 aliphatic heterocycles. The highest BCUT2D eigenvalue weighted by Crippen LogP contribution is 2.32. The summed E-state index contributed by atoms with van der Waals surface area (Å²) in [6.07, 6.45) is 1.85. The number of rotatable bonds is 6. The van der Waals surface area contributed by atoms with Gasteiger partial charge in [0.05, 0.1) is 9.83 Å². The van der Waals surface area contributed by atoms with Crippen LogP contribution in [-0.4, -0.2) is 47.1 Å². The molecule has 0 aliphatic carbocycles. The Balaban J connectivity index is 1.15. The lowest BCUT2D eigenvalue weighted by Gasteiger charge is -2.37. The first kappa shape index (κ1) is 24.6. The number of nitrogens with zero attached hydrogens (tertiary/aromatic N) is 4. The van der Waals surface area contributed by atoms with Crippen LogP contribution in [0, 0.1) is 17.0 Å². The molecule has 1 amide bonds. The van der Waals surface area contributed by atoms with E-state index in [2.05, 4.69) is 46.0 Å². The van der Waals surface area contributed by atoms with Crippen molar-refractivity contribution in [3.05, 3.63) is 105 Å². The number of carbonyl (C=O) groups is 1. The summed E-state index contributed by atoms with van der Waals surface area (Å²) in [6, 6.07) is 22.2. The number of aryl methyl sites for hydroxylation is 1. The van der Waals surface area contributed by atoms with E-state index >= 15 is 0 Å². The van der Waals surface area contributed by atoms with Gasteiger partial charge in [-0.1, -0.05) is 30.3 Å². The number of amidine groups is 1. The van der Waals surface area contributed by atoms with Gasteiger partial charge < -0.3 is 14.5 Å². The Bertz CT molecular complexity index is 1360. The van der Waals surface area contributed by atoms with Crippen LogP contribution in [0.4, 0.5) is 11.4 Å². The smallest absolute Gasteiger partial charge is 0.286 e. The summed E-state index contributed by atoms with van der Waals surface area (Å²) in [5.41, 5.74) is 4.32. The van der Waals surface area contributed by atoms with E-state index in [0.717, 1.165) is 42.5 Å². The number of aliphatic imine (C=N–C) groups is 1. The number of piperazine rings is 1. The maximum absolute atomic E-state index is 12.6. The van der Waals surface area contributed by atoms with Gasteiger partial charge >= 0.3 is 0 Å². The summed E-state index contributed by atoms with van der Waals surface area (Å²) < 4.78 is 5.79. The number of hydrogen-bond donors (Lipinski definition) is 0. The number of amides is 1. The molecule has 8 nitrogen and oxygen atoms in total. The molecule has 0 radical (unpaired) electrons. The summed E-state index contributed by atoms with van der Waals surface area (Å²) in [4.78, 5) is 32.4. The minimum atomic E-state index is -0.425. The van der Waals surface area contributed by atoms with Crippen LogP contribution in [0.25, 0.3) is 6.08 Å². The van der Waals surface area contributed by atoms with Crippen LogP contribution in [0.15, 0.2) is 82.7 Å². The summed E-state index contributed by atoms with van der Waals surface area (Å²) in [5.74, 6) is 0.467. The number of benzene rings is 3. The largest absolute Gasteiger partial charge is 0.489 e. The molecule has 188 valence electrons. The Morgan fingerprint density at radius 1 is 0.973 bits per heavy atom. The van der Waals surface area contributed by atoms with Crippen molar-refractivity contribution in [3.63, 3.8) is 0 Å². The normalized spacial score (nSPS) is 16.7. The van der Waals surface area contributed by atoms with E-state index in [9.17, 15) is 14.9 Å². The maximum Gasteiger partial charge on any atom is 0.286 e. The Morgan fingerprint density at radius 3 is 2.32 bits per heavy atom. The number of para-hydroxylation sites is 1. The predicted octanol–water partition coefficient (Wildman–Crippen LogP) is 5.27. The molecule has 0 atom stereocenters. The molecule has 9 heteroatoms. The molecular formula is C28H26N4O4S. The molecule has 3 aromatic carbocycles. The number of carbonyl (C=O) groups excluding carboxylic acids is 1. The summed E-state index contributed by atoms with van der Waals surface area (Å²) in [6.45, 7) is 5.86. The quantitative estimate of drug-likeness (QED) is 0.251. The van der Waals surface area contributed by atoms with Gasteiger partial charge in [0.25, 0.3) is 11.6 Å². The topological polar surface area (TPSA) is 88.3 Å². The molecule has 2 aliphatic rings. The van der Waals surface area contributed by atoms with E-state index < -0.39 is 4.92 Å². The molecule has 0 unspecified atom stereocenters. The molecule has 0 bridgehead atoms. The summed E-state index contributed by atoms with van der Waals surface area (Å²) in [7, 11) is 0. The third kappa shape index (κ3) is 5.83. The van der Waals surface area contributed by atoms with Gasteiger partial charge in [0.2, 0.25) is 0 Å². The highest BCUT2D eigenvalue weighted by molar-refractivity contribution is 8.18. The Morgan fingerprint density at radius 2 is 1.65 bits per heavy atom. The molecule has 5 rings (SSSR count). The van der Waals surface area contributed by atoms with Crippen LogP contribution in [0.2, 0.25) is 0 Å². The van der Waals surface area contributed by atoms with Crippen molar-refractivity contribution < 1.29 is 14.5 Å². The zero-order valence-corrected chi connectivity index (χ0v) is 21.2. The number of anilines is 1. The predicted molar refractivity (Wildman–Crippen MR) is 147 cm³/mol. The highest BCUT2D eigenvalue weighted by Gasteiger charge is 2.28. The minimum absolute atomic E-state index is 0.0529. The summed E-state index contributed by atoms with van der Waals surface area (Å²) in [5, 5.41) is 11.5. The van der Waals surface area contributed by atoms with Crippen LogP contribution in [0.1, 0.15) is 16.7 Å². The zero-order chi connectivity index (χ0) is 25.8. The summed E-state index contributed by atoms with van der Waals surface area (Å²) >= 11 is 1.42. The second kappa shape index (κ2) is 10.9. The van der Waals surface area contributed by atoms with Crippen molar-refractivity contribution in [3.8, 4) is 5.75 Å². The highest BCUT2D eigenvalue weighted by atomic mass is 32.2. The van der Waals surface area contributed by atoms with Crippen molar-refractivity contribution in [2.45, 2.75) is 13.5 Å². The second-order valence-electron chi connectivity index (χ2n) is 8.85. The van der Waals surface area contributed by atoms with Crippen LogP contribution in [0.3, 0.4) is 0 Å². The molecule has 0 saturated carbocycles. The molecule has 0 spiro atoms. The molecule has 2 heterocycles. The first-order valence-corrected chi connectivity index (χ1v) is 12.8. The van der Waals surface area contributed by atoms with Crippen molar-refractivity contribution in [1.29, 1.82) is 0 Å². The van der Waals surface area contributed by atoms with E-state index in [1.807, 2.05) is 30.3 Å². The van der Waals surface area contributed by atoms with Crippen molar-refractivity contribution in [1.82, 2.24) is 4.90 Å².